The minimum Gasteiger partial charge on any atom is -0.319 e. The fourth-order valence-electron chi connectivity index (χ4n) is 5.64. The molecule has 0 heterocycles. The Morgan fingerprint density at radius 1 is 1.23 bits per heavy atom. The summed E-state index contributed by atoms with van der Waals surface area (Å²) < 4.78 is 0. The molecule has 0 bridgehead atoms. The zero-order valence-electron chi connectivity index (χ0n) is 20.6. The van der Waals surface area contributed by atoms with Crippen molar-refractivity contribution in [3.8, 4) is 0 Å². The Morgan fingerprint density at radius 3 is 2.60 bits per heavy atom. The molecule has 4 atom stereocenters. The highest BCUT2D eigenvalue weighted by Crippen LogP contribution is 2.55. The summed E-state index contributed by atoms with van der Waals surface area (Å²) in [6.45, 7) is 13.8. The van der Waals surface area contributed by atoms with Crippen LogP contribution in [0.1, 0.15) is 103 Å². The molecule has 2 N–H and O–H groups in total. The minimum atomic E-state index is 0.226. The highest BCUT2D eigenvalue weighted by Gasteiger charge is 2.49. The second-order valence-corrected chi connectivity index (χ2v) is 10.7. The van der Waals surface area contributed by atoms with Gasteiger partial charge in [0.2, 0.25) is 0 Å². The summed E-state index contributed by atoms with van der Waals surface area (Å²) in [4.78, 5) is 0. The topological polar surface area (TPSA) is 26.0 Å². The molecule has 2 rings (SSSR count). The smallest absolute Gasteiger partial charge is 0.0504 e. The summed E-state index contributed by atoms with van der Waals surface area (Å²) in [6.07, 6.45) is 13.7. The monoisotopic (exact) mass is 429 g/mol. The van der Waals surface area contributed by atoms with Gasteiger partial charge in [-0.05, 0) is 80.9 Å². The normalized spacial score (nSPS) is 25.6. The Hall–Kier alpha value is -0.730. The number of allylic oxidation sites excluding steroid dienone is 2. The van der Waals surface area contributed by atoms with Crippen molar-refractivity contribution in [3.05, 3.63) is 46.5 Å². The van der Waals surface area contributed by atoms with E-state index in [1.54, 1.807) is 16.7 Å². The SMILES string of the molecule is C/C=C(\CCCC)[C@H]1[C@@H](CC)CC[C@]1(CS[C@H](N)CC)c1ccc(C)c(CCC)c1. The molecule has 0 unspecified atom stereocenters. The number of hydrogen-bond donors (Lipinski definition) is 1. The van der Waals surface area contributed by atoms with Gasteiger partial charge in [-0.3, -0.25) is 0 Å². The number of nitrogens with two attached hydrogens (primary N) is 1. The lowest BCUT2D eigenvalue weighted by Crippen LogP contribution is -2.38. The van der Waals surface area contributed by atoms with Crippen LogP contribution in [0.3, 0.4) is 0 Å². The van der Waals surface area contributed by atoms with Gasteiger partial charge in [-0.2, -0.15) is 0 Å². The fraction of sp³-hybridized carbons (Fsp3) is 0.714. The van der Waals surface area contributed by atoms with Crippen molar-refractivity contribution < 1.29 is 0 Å². The third-order valence-electron chi connectivity index (χ3n) is 7.54. The van der Waals surface area contributed by atoms with E-state index in [-0.39, 0.29) is 10.8 Å². The van der Waals surface area contributed by atoms with Crippen molar-refractivity contribution in [1.82, 2.24) is 0 Å². The van der Waals surface area contributed by atoms with E-state index in [0.717, 1.165) is 18.1 Å². The van der Waals surface area contributed by atoms with E-state index in [9.17, 15) is 0 Å². The van der Waals surface area contributed by atoms with Crippen molar-refractivity contribution in [3.63, 3.8) is 0 Å². The van der Waals surface area contributed by atoms with Crippen LogP contribution < -0.4 is 5.73 Å². The van der Waals surface area contributed by atoms with Crippen LogP contribution in [0.2, 0.25) is 0 Å². The zero-order chi connectivity index (χ0) is 22.1. The Labute approximate surface area is 191 Å². The number of unbranched alkanes of at least 4 members (excludes halogenated alkanes) is 1. The Balaban J connectivity index is 2.57. The van der Waals surface area contributed by atoms with E-state index in [2.05, 4.69) is 65.8 Å². The van der Waals surface area contributed by atoms with Crippen molar-refractivity contribution >= 4 is 11.8 Å². The van der Waals surface area contributed by atoms with Gasteiger partial charge in [0.1, 0.15) is 0 Å². The van der Waals surface area contributed by atoms with Crippen LogP contribution in [0.4, 0.5) is 0 Å². The molecule has 0 saturated heterocycles. The van der Waals surface area contributed by atoms with Crippen molar-refractivity contribution in [2.45, 2.75) is 110 Å². The number of rotatable bonds is 12. The third-order valence-corrected chi connectivity index (χ3v) is 8.99. The fourth-order valence-corrected chi connectivity index (χ4v) is 6.87. The zero-order valence-corrected chi connectivity index (χ0v) is 21.4. The summed E-state index contributed by atoms with van der Waals surface area (Å²) in [7, 11) is 0. The highest BCUT2D eigenvalue weighted by atomic mass is 32.2. The standard InChI is InChI=1S/C28H47NS/c1-7-12-14-22(9-3)27-23(10-4)17-18-28(27,20-30-26(29)11-5)25-16-15-21(6)24(19-25)13-8-2/h9,15-16,19,23,26-27H,7-8,10-14,17-18,20,29H2,1-6H3/b22-9+/t23-,26-,27-,28-/m0/s1. The second kappa shape index (κ2) is 12.3. The average molecular weight is 430 g/mol. The molecule has 2 heteroatoms. The van der Waals surface area contributed by atoms with Gasteiger partial charge in [-0.25, -0.2) is 0 Å². The Bertz CT molecular complexity index is 679. The highest BCUT2D eigenvalue weighted by molar-refractivity contribution is 7.99. The van der Waals surface area contributed by atoms with E-state index in [0.29, 0.717) is 5.92 Å². The molecule has 0 aromatic heterocycles. The van der Waals surface area contributed by atoms with Gasteiger partial charge in [0.05, 0.1) is 5.37 Å². The first-order chi connectivity index (χ1) is 14.5. The second-order valence-electron chi connectivity index (χ2n) is 9.46. The first-order valence-corrected chi connectivity index (χ1v) is 13.6. The van der Waals surface area contributed by atoms with Gasteiger partial charge in [0.15, 0.2) is 0 Å². The molecule has 1 saturated carbocycles. The molecule has 0 radical (unpaired) electrons. The molecule has 1 aliphatic carbocycles. The van der Waals surface area contributed by atoms with E-state index in [1.807, 2.05) is 11.8 Å². The average Bonchev–Trinajstić information content (AvgIpc) is 3.14. The maximum atomic E-state index is 6.44. The molecular weight excluding hydrogens is 382 g/mol. The lowest BCUT2D eigenvalue weighted by atomic mass is 9.66. The molecule has 30 heavy (non-hydrogen) atoms. The van der Waals surface area contributed by atoms with Crippen LogP contribution in [0.15, 0.2) is 29.8 Å². The predicted octanol–water partition coefficient (Wildman–Crippen LogP) is 8.19. The molecule has 0 aliphatic heterocycles. The van der Waals surface area contributed by atoms with Gasteiger partial charge in [-0.15, -0.1) is 11.8 Å². The lowest BCUT2D eigenvalue weighted by molar-refractivity contribution is 0.317. The number of benzene rings is 1. The largest absolute Gasteiger partial charge is 0.319 e. The Morgan fingerprint density at radius 2 is 2.00 bits per heavy atom. The minimum absolute atomic E-state index is 0.226. The quantitative estimate of drug-likeness (QED) is 0.268. The summed E-state index contributed by atoms with van der Waals surface area (Å²) >= 11 is 2.01. The van der Waals surface area contributed by atoms with E-state index in [1.165, 1.54) is 56.9 Å². The predicted molar refractivity (Wildman–Crippen MR) is 137 cm³/mol. The van der Waals surface area contributed by atoms with Crippen LogP contribution in [0, 0.1) is 18.8 Å². The van der Waals surface area contributed by atoms with Crippen LogP contribution in [-0.2, 0) is 11.8 Å². The molecular formula is C28H47NS. The van der Waals surface area contributed by atoms with E-state index < -0.39 is 0 Å². The van der Waals surface area contributed by atoms with Gasteiger partial charge in [0.25, 0.3) is 0 Å². The lowest BCUT2D eigenvalue weighted by Gasteiger charge is -2.41. The van der Waals surface area contributed by atoms with Gasteiger partial charge in [0, 0.05) is 11.2 Å². The van der Waals surface area contributed by atoms with Crippen LogP contribution in [-0.4, -0.2) is 11.1 Å². The number of hydrogen-bond acceptors (Lipinski definition) is 2. The van der Waals surface area contributed by atoms with Crippen LogP contribution in [0.25, 0.3) is 0 Å². The molecule has 1 aromatic rings. The molecule has 170 valence electrons. The maximum Gasteiger partial charge on any atom is 0.0504 e. The maximum absolute atomic E-state index is 6.44. The van der Waals surface area contributed by atoms with E-state index in [4.69, 9.17) is 5.73 Å². The molecule has 1 aromatic carbocycles. The first kappa shape index (κ1) is 25.5. The van der Waals surface area contributed by atoms with Gasteiger partial charge >= 0.3 is 0 Å². The third kappa shape index (κ3) is 5.74. The molecule has 1 nitrogen and oxygen atoms in total. The summed E-state index contributed by atoms with van der Waals surface area (Å²) in [5, 5.41) is 0.244. The summed E-state index contributed by atoms with van der Waals surface area (Å²) in [5.41, 5.74) is 13.0. The summed E-state index contributed by atoms with van der Waals surface area (Å²) in [6, 6.07) is 7.43. The van der Waals surface area contributed by atoms with Crippen molar-refractivity contribution in [1.29, 1.82) is 0 Å². The molecule has 0 amide bonds. The Kier molecular flexibility index (Phi) is 10.5. The first-order valence-electron chi connectivity index (χ1n) is 12.6. The van der Waals surface area contributed by atoms with Crippen LogP contribution >= 0.6 is 11.8 Å². The molecule has 1 aliphatic rings. The van der Waals surface area contributed by atoms with Crippen LogP contribution in [0.5, 0.6) is 0 Å². The van der Waals surface area contributed by atoms with Gasteiger partial charge < -0.3 is 5.73 Å². The summed E-state index contributed by atoms with van der Waals surface area (Å²) in [5.74, 6) is 2.61. The van der Waals surface area contributed by atoms with Crippen molar-refractivity contribution in [2.24, 2.45) is 17.6 Å². The number of aryl methyl sites for hydroxylation is 2. The molecule has 1 fully saturated rings. The van der Waals surface area contributed by atoms with Crippen molar-refractivity contribution in [2.75, 3.05) is 5.75 Å². The number of thioether (sulfide) groups is 1. The molecule has 0 spiro atoms. The van der Waals surface area contributed by atoms with E-state index >= 15 is 0 Å². The van der Waals surface area contributed by atoms with Gasteiger partial charge in [-0.1, -0.05) is 76.8 Å².